The quantitative estimate of drug-likeness (QED) is 0.774. The Labute approximate surface area is 110 Å². The highest BCUT2D eigenvalue weighted by Crippen LogP contribution is 2.24. The first kappa shape index (κ1) is 14.0. The number of carbonyl (C=O) groups is 1. The zero-order valence-electron chi connectivity index (χ0n) is 10.1. The molecule has 5 heteroatoms. The van der Waals surface area contributed by atoms with Crippen molar-refractivity contribution in [3.8, 4) is 0 Å². The van der Waals surface area contributed by atoms with Crippen LogP contribution in [0.4, 0.5) is 5.69 Å². The van der Waals surface area contributed by atoms with Crippen LogP contribution in [0.2, 0.25) is 0 Å². The van der Waals surface area contributed by atoms with Gasteiger partial charge in [-0.2, -0.15) is 0 Å². The van der Waals surface area contributed by atoms with Gasteiger partial charge in [0.25, 0.3) is 0 Å². The highest BCUT2D eigenvalue weighted by molar-refractivity contribution is 9.10. The summed E-state index contributed by atoms with van der Waals surface area (Å²) in [5.74, 6) is -0.0169. The Hall–Kier alpha value is -1.07. The molecule has 0 saturated heterocycles. The predicted molar refractivity (Wildman–Crippen MR) is 74.0 cm³/mol. The van der Waals surface area contributed by atoms with E-state index in [-0.39, 0.29) is 11.9 Å². The third-order valence-corrected chi connectivity index (χ3v) is 3.17. The van der Waals surface area contributed by atoms with E-state index in [4.69, 9.17) is 5.73 Å². The molecule has 1 aromatic carbocycles. The second-order valence-electron chi connectivity index (χ2n) is 3.94. The van der Waals surface area contributed by atoms with Crippen LogP contribution in [0.3, 0.4) is 0 Å². The monoisotopic (exact) mass is 299 g/mol. The molecule has 1 atom stereocenters. The van der Waals surface area contributed by atoms with E-state index in [9.17, 15) is 4.79 Å². The minimum absolute atomic E-state index is 0.0169. The fourth-order valence-electron chi connectivity index (χ4n) is 1.49. The number of halogens is 1. The molecule has 0 saturated carbocycles. The summed E-state index contributed by atoms with van der Waals surface area (Å²) in [5.41, 5.74) is 7.78. The number of rotatable bonds is 5. The maximum Gasteiger partial charge on any atom is 0.221 e. The largest absolute Gasteiger partial charge is 0.380 e. The Balaban J connectivity index is 2.73. The van der Waals surface area contributed by atoms with Crippen LogP contribution in [0.1, 0.15) is 12.0 Å². The molecular weight excluding hydrogens is 282 g/mol. The molecule has 4 nitrogen and oxygen atoms in total. The second-order valence-corrected chi connectivity index (χ2v) is 4.79. The summed E-state index contributed by atoms with van der Waals surface area (Å²) in [6, 6.07) is 5.96. The number of aryl methyl sites for hydroxylation is 1. The zero-order valence-corrected chi connectivity index (χ0v) is 11.7. The summed E-state index contributed by atoms with van der Waals surface area (Å²) < 4.78 is 0.971. The van der Waals surface area contributed by atoms with Crippen molar-refractivity contribution >= 4 is 27.5 Å². The molecule has 0 aliphatic heterocycles. The van der Waals surface area contributed by atoms with Crippen LogP contribution in [0.5, 0.6) is 0 Å². The van der Waals surface area contributed by atoms with Gasteiger partial charge >= 0.3 is 0 Å². The van der Waals surface area contributed by atoms with Crippen molar-refractivity contribution in [2.24, 2.45) is 5.73 Å². The zero-order chi connectivity index (χ0) is 12.8. The van der Waals surface area contributed by atoms with E-state index in [1.807, 2.05) is 25.1 Å². The van der Waals surface area contributed by atoms with Crippen molar-refractivity contribution < 1.29 is 4.79 Å². The van der Waals surface area contributed by atoms with Gasteiger partial charge in [-0.1, -0.05) is 6.07 Å². The van der Waals surface area contributed by atoms with Crippen LogP contribution in [0, 0.1) is 6.92 Å². The number of hydrogen-bond donors (Lipinski definition) is 3. The molecule has 0 aliphatic rings. The molecule has 0 bridgehead atoms. The predicted octanol–water partition coefficient (Wildman–Crippen LogP) is 1.63. The molecule has 94 valence electrons. The van der Waals surface area contributed by atoms with E-state index in [0.717, 1.165) is 15.7 Å². The molecule has 1 amide bonds. The van der Waals surface area contributed by atoms with Crippen LogP contribution in [0.15, 0.2) is 22.7 Å². The normalized spacial score (nSPS) is 12.0. The Morgan fingerprint density at radius 3 is 2.82 bits per heavy atom. The molecule has 0 spiro atoms. The summed E-state index contributed by atoms with van der Waals surface area (Å²) >= 11 is 3.47. The van der Waals surface area contributed by atoms with E-state index in [1.165, 1.54) is 0 Å². The lowest BCUT2D eigenvalue weighted by atomic mass is 10.1. The van der Waals surface area contributed by atoms with Gasteiger partial charge in [-0.25, -0.2) is 0 Å². The van der Waals surface area contributed by atoms with Crippen molar-refractivity contribution in [3.63, 3.8) is 0 Å². The average Bonchev–Trinajstić information content (AvgIpc) is 2.32. The van der Waals surface area contributed by atoms with Crippen molar-refractivity contribution in [2.45, 2.75) is 19.4 Å². The maximum absolute atomic E-state index is 11.3. The molecule has 0 heterocycles. The third kappa shape index (κ3) is 4.36. The highest BCUT2D eigenvalue weighted by atomic mass is 79.9. The molecule has 4 N–H and O–H groups in total. The summed E-state index contributed by atoms with van der Waals surface area (Å²) in [6.45, 7) is 2.43. The fourth-order valence-corrected chi connectivity index (χ4v) is 1.85. The SMILES string of the molecule is CNC(=O)CC(CN)Nc1cc(C)ccc1Br. The highest BCUT2D eigenvalue weighted by Gasteiger charge is 2.12. The first-order valence-corrected chi connectivity index (χ1v) is 6.29. The van der Waals surface area contributed by atoms with Gasteiger partial charge < -0.3 is 16.4 Å². The number of hydrogen-bond acceptors (Lipinski definition) is 3. The van der Waals surface area contributed by atoms with E-state index >= 15 is 0 Å². The maximum atomic E-state index is 11.3. The molecule has 0 fully saturated rings. The standard InChI is InChI=1S/C12H18BrN3O/c1-8-3-4-10(13)11(5-8)16-9(7-14)6-12(17)15-2/h3-5,9,16H,6-7,14H2,1-2H3,(H,15,17). The number of nitrogens with one attached hydrogen (secondary N) is 2. The van der Waals surface area contributed by atoms with E-state index in [1.54, 1.807) is 7.05 Å². The Kier molecular flexibility index (Phi) is 5.44. The second kappa shape index (κ2) is 6.61. The number of amides is 1. The molecule has 17 heavy (non-hydrogen) atoms. The Morgan fingerprint density at radius 2 is 2.24 bits per heavy atom. The molecule has 0 radical (unpaired) electrons. The first-order chi connectivity index (χ1) is 8.06. The van der Waals surface area contributed by atoms with Crippen LogP contribution in [-0.2, 0) is 4.79 Å². The third-order valence-electron chi connectivity index (χ3n) is 2.48. The lowest BCUT2D eigenvalue weighted by Crippen LogP contribution is -2.34. The number of benzene rings is 1. The summed E-state index contributed by atoms with van der Waals surface area (Å²) in [5, 5.41) is 5.87. The minimum atomic E-state index is -0.0620. The van der Waals surface area contributed by atoms with E-state index in [0.29, 0.717) is 13.0 Å². The molecule has 1 rings (SSSR count). The first-order valence-electron chi connectivity index (χ1n) is 5.50. The van der Waals surface area contributed by atoms with Gasteiger partial charge in [-0.05, 0) is 40.5 Å². The smallest absolute Gasteiger partial charge is 0.221 e. The van der Waals surface area contributed by atoms with Gasteiger partial charge in [-0.3, -0.25) is 4.79 Å². The van der Waals surface area contributed by atoms with Crippen molar-refractivity contribution in [1.29, 1.82) is 0 Å². The average molecular weight is 300 g/mol. The Bertz CT molecular complexity index is 395. The van der Waals surface area contributed by atoms with Crippen molar-refractivity contribution in [2.75, 3.05) is 18.9 Å². The summed E-state index contributed by atoms with van der Waals surface area (Å²) in [6.07, 6.45) is 0.368. The van der Waals surface area contributed by atoms with Crippen LogP contribution in [-0.4, -0.2) is 25.5 Å². The van der Waals surface area contributed by atoms with Crippen LogP contribution < -0.4 is 16.4 Å². The van der Waals surface area contributed by atoms with Gasteiger partial charge in [0.15, 0.2) is 0 Å². The van der Waals surface area contributed by atoms with Gasteiger partial charge in [0.05, 0.1) is 0 Å². The van der Waals surface area contributed by atoms with Gasteiger partial charge in [-0.15, -0.1) is 0 Å². The van der Waals surface area contributed by atoms with Crippen molar-refractivity contribution in [3.05, 3.63) is 28.2 Å². The van der Waals surface area contributed by atoms with Gasteiger partial charge in [0.2, 0.25) is 5.91 Å². The van der Waals surface area contributed by atoms with E-state index < -0.39 is 0 Å². The topological polar surface area (TPSA) is 67.2 Å². The molecule has 1 aromatic rings. The molecule has 0 aliphatic carbocycles. The van der Waals surface area contributed by atoms with Gasteiger partial charge in [0.1, 0.15) is 0 Å². The number of nitrogens with two attached hydrogens (primary N) is 1. The number of anilines is 1. The molecule has 0 aromatic heterocycles. The number of carbonyl (C=O) groups excluding carboxylic acids is 1. The van der Waals surface area contributed by atoms with E-state index in [2.05, 4.69) is 26.6 Å². The summed E-state index contributed by atoms with van der Waals surface area (Å²) in [7, 11) is 1.62. The van der Waals surface area contributed by atoms with Crippen LogP contribution >= 0.6 is 15.9 Å². The lowest BCUT2D eigenvalue weighted by molar-refractivity contribution is -0.120. The van der Waals surface area contributed by atoms with Crippen molar-refractivity contribution in [1.82, 2.24) is 5.32 Å². The molecular formula is C12H18BrN3O. The fraction of sp³-hybridized carbons (Fsp3) is 0.417. The van der Waals surface area contributed by atoms with Crippen LogP contribution in [0.25, 0.3) is 0 Å². The minimum Gasteiger partial charge on any atom is -0.380 e. The Morgan fingerprint density at radius 1 is 1.53 bits per heavy atom. The molecule has 1 unspecified atom stereocenters. The lowest BCUT2D eigenvalue weighted by Gasteiger charge is -2.18. The van der Waals surface area contributed by atoms with Gasteiger partial charge in [0, 0.05) is 36.2 Å². The summed E-state index contributed by atoms with van der Waals surface area (Å²) in [4.78, 5) is 11.3.